The number of nitrogens with zero attached hydrogens (tertiary/aromatic N) is 2. The molecule has 1 rings (SSSR count). The van der Waals surface area contributed by atoms with Crippen molar-refractivity contribution in [3.05, 3.63) is 23.4 Å². The fraction of sp³-hybridized carbons (Fsp3) is 0.625. The molecule has 4 heteroatoms. The van der Waals surface area contributed by atoms with Crippen LogP contribution in [-0.4, -0.2) is 35.4 Å². The third-order valence-electron chi connectivity index (χ3n) is 3.62. The summed E-state index contributed by atoms with van der Waals surface area (Å²) >= 11 is 0. The summed E-state index contributed by atoms with van der Waals surface area (Å²) in [6.45, 7) is 9.19. The number of anilines is 1. The zero-order chi connectivity index (χ0) is 15.1. The Kier molecular flexibility index (Phi) is 6.49. The SMILES string of the molecule is CCCNc1cc(C(=O)N(C)C(C)CC)cc(CC)n1. The predicted octanol–water partition coefficient (Wildman–Crippen LogP) is 3.34. The van der Waals surface area contributed by atoms with Crippen LogP contribution in [0.25, 0.3) is 0 Å². The largest absolute Gasteiger partial charge is 0.370 e. The lowest BCUT2D eigenvalue weighted by Crippen LogP contribution is -2.34. The molecule has 1 aromatic rings. The van der Waals surface area contributed by atoms with Crippen molar-refractivity contribution in [3.63, 3.8) is 0 Å². The zero-order valence-electron chi connectivity index (χ0n) is 13.4. The topological polar surface area (TPSA) is 45.2 Å². The van der Waals surface area contributed by atoms with E-state index in [4.69, 9.17) is 0 Å². The summed E-state index contributed by atoms with van der Waals surface area (Å²) in [5, 5.41) is 3.26. The van der Waals surface area contributed by atoms with Gasteiger partial charge in [0.2, 0.25) is 0 Å². The van der Waals surface area contributed by atoms with Crippen molar-refractivity contribution in [2.45, 2.75) is 53.0 Å². The summed E-state index contributed by atoms with van der Waals surface area (Å²) in [6, 6.07) is 4.00. The first-order valence-corrected chi connectivity index (χ1v) is 7.55. The number of carbonyl (C=O) groups is 1. The number of hydrogen-bond acceptors (Lipinski definition) is 3. The number of hydrogen-bond donors (Lipinski definition) is 1. The van der Waals surface area contributed by atoms with Crippen LogP contribution in [-0.2, 0) is 6.42 Å². The molecule has 0 radical (unpaired) electrons. The molecule has 1 heterocycles. The van der Waals surface area contributed by atoms with Gasteiger partial charge in [-0.2, -0.15) is 0 Å². The third-order valence-corrected chi connectivity index (χ3v) is 3.62. The van der Waals surface area contributed by atoms with Gasteiger partial charge in [0.25, 0.3) is 5.91 Å². The summed E-state index contributed by atoms with van der Waals surface area (Å²) in [5.74, 6) is 0.864. The van der Waals surface area contributed by atoms with Crippen LogP contribution in [0.4, 0.5) is 5.82 Å². The van der Waals surface area contributed by atoms with Gasteiger partial charge in [-0.05, 0) is 38.3 Å². The lowest BCUT2D eigenvalue weighted by molar-refractivity contribution is 0.0740. The average molecular weight is 277 g/mol. The number of rotatable bonds is 7. The fourth-order valence-electron chi connectivity index (χ4n) is 1.91. The van der Waals surface area contributed by atoms with Crippen molar-refractivity contribution < 1.29 is 4.79 Å². The molecule has 0 aromatic carbocycles. The van der Waals surface area contributed by atoms with Crippen molar-refractivity contribution in [2.24, 2.45) is 0 Å². The molecule has 4 nitrogen and oxygen atoms in total. The Morgan fingerprint density at radius 3 is 2.60 bits per heavy atom. The Labute approximate surface area is 122 Å². The molecule has 0 aliphatic rings. The first-order chi connectivity index (χ1) is 9.53. The maximum absolute atomic E-state index is 12.5. The van der Waals surface area contributed by atoms with Crippen molar-refractivity contribution in [1.29, 1.82) is 0 Å². The molecule has 0 aliphatic carbocycles. The van der Waals surface area contributed by atoms with Crippen LogP contribution in [0, 0.1) is 0 Å². The monoisotopic (exact) mass is 277 g/mol. The van der Waals surface area contributed by atoms with Gasteiger partial charge >= 0.3 is 0 Å². The van der Waals surface area contributed by atoms with E-state index in [-0.39, 0.29) is 11.9 Å². The number of aryl methyl sites for hydroxylation is 1. The van der Waals surface area contributed by atoms with E-state index in [1.165, 1.54) is 0 Å². The van der Waals surface area contributed by atoms with Gasteiger partial charge in [-0.3, -0.25) is 4.79 Å². The van der Waals surface area contributed by atoms with Crippen LogP contribution < -0.4 is 5.32 Å². The van der Waals surface area contributed by atoms with Gasteiger partial charge in [0.15, 0.2) is 0 Å². The van der Waals surface area contributed by atoms with Gasteiger partial charge < -0.3 is 10.2 Å². The molecule has 0 spiro atoms. The normalized spacial score (nSPS) is 12.1. The smallest absolute Gasteiger partial charge is 0.254 e. The lowest BCUT2D eigenvalue weighted by atomic mass is 10.1. The van der Waals surface area contributed by atoms with Crippen molar-refractivity contribution >= 4 is 11.7 Å². The standard InChI is InChI=1S/C16H27N3O/c1-6-9-17-15-11-13(10-14(8-3)18-15)16(20)19(5)12(4)7-2/h10-12H,6-9H2,1-5H3,(H,17,18). The third kappa shape index (κ3) is 4.22. The Bertz CT molecular complexity index is 445. The predicted molar refractivity (Wildman–Crippen MR) is 84.2 cm³/mol. The zero-order valence-corrected chi connectivity index (χ0v) is 13.4. The van der Waals surface area contributed by atoms with E-state index in [2.05, 4.69) is 38.0 Å². The van der Waals surface area contributed by atoms with Gasteiger partial charge in [0.05, 0.1) is 0 Å². The quantitative estimate of drug-likeness (QED) is 0.831. The van der Waals surface area contributed by atoms with Crippen LogP contribution in [0.1, 0.15) is 56.6 Å². The molecule has 1 amide bonds. The molecule has 0 fully saturated rings. The lowest BCUT2D eigenvalue weighted by Gasteiger charge is -2.24. The highest BCUT2D eigenvalue weighted by atomic mass is 16.2. The maximum Gasteiger partial charge on any atom is 0.254 e. The van der Waals surface area contributed by atoms with E-state index >= 15 is 0 Å². The van der Waals surface area contributed by atoms with E-state index in [0.29, 0.717) is 0 Å². The van der Waals surface area contributed by atoms with Crippen LogP contribution >= 0.6 is 0 Å². The van der Waals surface area contributed by atoms with Crippen molar-refractivity contribution in [1.82, 2.24) is 9.88 Å². The van der Waals surface area contributed by atoms with Crippen molar-refractivity contribution in [2.75, 3.05) is 18.9 Å². The molecule has 20 heavy (non-hydrogen) atoms. The first kappa shape index (κ1) is 16.5. The van der Waals surface area contributed by atoms with Gasteiger partial charge in [-0.1, -0.05) is 20.8 Å². The van der Waals surface area contributed by atoms with E-state index in [1.807, 2.05) is 19.2 Å². The molecule has 0 bridgehead atoms. The van der Waals surface area contributed by atoms with E-state index in [0.717, 1.165) is 42.9 Å². The highest BCUT2D eigenvalue weighted by Gasteiger charge is 2.17. The second-order valence-corrected chi connectivity index (χ2v) is 5.19. The number of pyridine rings is 1. The number of amides is 1. The Morgan fingerprint density at radius 2 is 2.05 bits per heavy atom. The second kappa shape index (κ2) is 7.88. The van der Waals surface area contributed by atoms with Crippen LogP contribution in [0.15, 0.2) is 12.1 Å². The summed E-state index contributed by atoms with van der Waals surface area (Å²) in [4.78, 5) is 18.8. The molecule has 1 N–H and O–H groups in total. The summed E-state index contributed by atoms with van der Waals surface area (Å²) in [7, 11) is 1.86. The first-order valence-electron chi connectivity index (χ1n) is 7.55. The summed E-state index contributed by atoms with van der Waals surface area (Å²) in [5.41, 5.74) is 1.67. The molecular formula is C16H27N3O. The average Bonchev–Trinajstić information content (AvgIpc) is 2.50. The fourth-order valence-corrected chi connectivity index (χ4v) is 1.91. The molecule has 0 aliphatic heterocycles. The van der Waals surface area contributed by atoms with Crippen LogP contribution in [0.3, 0.4) is 0 Å². The summed E-state index contributed by atoms with van der Waals surface area (Å²) < 4.78 is 0. The van der Waals surface area contributed by atoms with Gasteiger partial charge in [-0.15, -0.1) is 0 Å². The molecular weight excluding hydrogens is 250 g/mol. The van der Waals surface area contributed by atoms with Crippen LogP contribution in [0.5, 0.6) is 0 Å². The Hall–Kier alpha value is -1.58. The highest BCUT2D eigenvalue weighted by molar-refractivity contribution is 5.95. The molecule has 1 unspecified atom stereocenters. The Morgan fingerprint density at radius 1 is 1.35 bits per heavy atom. The molecule has 112 valence electrons. The second-order valence-electron chi connectivity index (χ2n) is 5.19. The highest BCUT2D eigenvalue weighted by Crippen LogP contribution is 2.15. The van der Waals surface area contributed by atoms with E-state index in [1.54, 1.807) is 4.90 Å². The van der Waals surface area contributed by atoms with Gasteiger partial charge in [0.1, 0.15) is 5.82 Å². The minimum absolute atomic E-state index is 0.0657. The van der Waals surface area contributed by atoms with E-state index < -0.39 is 0 Å². The Balaban J connectivity index is 3.00. The number of nitrogens with one attached hydrogen (secondary N) is 1. The van der Waals surface area contributed by atoms with Gasteiger partial charge in [0, 0.05) is 30.9 Å². The van der Waals surface area contributed by atoms with Crippen molar-refractivity contribution in [3.8, 4) is 0 Å². The maximum atomic E-state index is 12.5. The summed E-state index contributed by atoms with van der Waals surface area (Å²) in [6.07, 6.45) is 2.82. The minimum atomic E-state index is 0.0657. The minimum Gasteiger partial charge on any atom is -0.370 e. The molecule has 0 saturated carbocycles. The number of aromatic nitrogens is 1. The molecule has 1 atom stereocenters. The van der Waals surface area contributed by atoms with Crippen LogP contribution in [0.2, 0.25) is 0 Å². The van der Waals surface area contributed by atoms with Gasteiger partial charge in [-0.25, -0.2) is 4.98 Å². The molecule has 1 aromatic heterocycles. The molecule has 0 saturated heterocycles. The number of carbonyl (C=O) groups excluding carboxylic acids is 1. The van der Waals surface area contributed by atoms with E-state index in [9.17, 15) is 4.79 Å².